The average Bonchev–Trinajstić information content (AvgIpc) is 2.92. The van der Waals surface area contributed by atoms with Crippen LogP contribution in [0.15, 0.2) is 16.6 Å². The summed E-state index contributed by atoms with van der Waals surface area (Å²) in [4.78, 5) is 4.56. The van der Waals surface area contributed by atoms with Gasteiger partial charge in [0.15, 0.2) is 15.1 Å². The number of nitrogens with zero attached hydrogens (tertiary/aromatic N) is 2. The van der Waals surface area contributed by atoms with Crippen LogP contribution in [0.5, 0.6) is 0 Å². The second-order valence-corrected chi connectivity index (χ2v) is 7.04. The maximum absolute atomic E-state index is 12.2. The Morgan fingerprint density at radius 2 is 2.30 bits per heavy atom. The van der Waals surface area contributed by atoms with E-state index in [9.17, 15) is 8.42 Å². The number of hydrogen-bond donors (Lipinski definition) is 1. The lowest BCUT2D eigenvalue weighted by Crippen LogP contribution is -2.28. The Labute approximate surface area is 126 Å². The minimum atomic E-state index is -3.69. The van der Waals surface area contributed by atoms with Crippen LogP contribution in [0, 0.1) is 0 Å². The Hall–Kier alpha value is -0.670. The van der Waals surface area contributed by atoms with Crippen molar-refractivity contribution in [1.29, 1.82) is 0 Å². The largest absolute Gasteiger partial charge is 0.380 e. The Bertz CT molecular complexity index is 666. The second-order valence-electron chi connectivity index (χ2n) is 4.13. The number of imidazole rings is 1. The molecule has 0 amide bonds. The van der Waals surface area contributed by atoms with E-state index >= 15 is 0 Å². The molecule has 0 aliphatic rings. The molecule has 0 atom stereocenters. The highest BCUT2D eigenvalue weighted by Gasteiger charge is 2.24. The van der Waals surface area contributed by atoms with Gasteiger partial charge in [-0.25, -0.2) is 18.1 Å². The number of sulfonamides is 1. The van der Waals surface area contributed by atoms with Crippen molar-refractivity contribution < 1.29 is 13.2 Å². The highest BCUT2D eigenvalue weighted by atomic mass is 35.5. The summed E-state index contributed by atoms with van der Waals surface area (Å²) in [5.74, 6) is 0. The average molecular weight is 338 g/mol. The van der Waals surface area contributed by atoms with Crippen LogP contribution in [0.1, 0.15) is 19.8 Å². The third-order valence-electron chi connectivity index (χ3n) is 2.61. The van der Waals surface area contributed by atoms with Gasteiger partial charge in [-0.2, -0.15) is 0 Å². The lowest BCUT2D eigenvalue weighted by atomic mass is 10.4. The van der Waals surface area contributed by atoms with E-state index < -0.39 is 10.0 Å². The number of halogens is 1. The molecule has 112 valence electrons. The zero-order valence-corrected chi connectivity index (χ0v) is 13.4. The van der Waals surface area contributed by atoms with Gasteiger partial charge < -0.3 is 4.74 Å². The van der Waals surface area contributed by atoms with Crippen molar-refractivity contribution in [3.8, 4) is 0 Å². The number of nitrogens with one attached hydrogen (secondary N) is 1. The number of thiazole rings is 1. The van der Waals surface area contributed by atoms with Gasteiger partial charge in [-0.15, -0.1) is 11.3 Å². The first kappa shape index (κ1) is 15.7. The normalized spacial score (nSPS) is 12.3. The van der Waals surface area contributed by atoms with E-state index in [1.165, 1.54) is 15.7 Å². The molecule has 0 saturated heterocycles. The van der Waals surface area contributed by atoms with Gasteiger partial charge >= 0.3 is 0 Å². The highest BCUT2D eigenvalue weighted by Crippen LogP contribution is 2.24. The molecule has 20 heavy (non-hydrogen) atoms. The fourth-order valence-electron chi connectivity index (χ4n) is 1.64. The van der Waals surface area contributed by atoms with E-state index in [1.807, 2.05) is 0 Å². The lowest BCUT2D eigenvalue weighted by molar-refractivity contribution is 0.136. The van der Waals surface area contributed by atoms with E-state index in [2.05, 4.69) is 16.6 Å². The van der Waals surface area contributed by atoms with E-state index in [0.717, 1.165) is 12.8 Å². The molecule has 0 aliphatic heterocycles. The molecule has 0 bridgehead atoms. The summed E-state index contributed by atoms with van der Waals surface area (Å²) in [6.07, 6.45) is 3.65. The third-order valence-corrected chi connectivity index (χ3v) is 5.23. The topological polar surface area (TPSA) is 72.7 Å². The molecule has 1 N–H and O–H groups in total. The van der Waals surface area contributed by atoms with Gasteiger partial charge in [-0.05, 0) is 6.42 Å². The van der Waals surface area contributed by atoms with Gasteiger partial charge in [-0.1, -0.05) is 24.9 Å². The zero-order valence-electron chi connectivity index (χ0n) is 11.0. The molecule has 0 spiro atoms. The number of ether oxygens (including phenoxy) is 1. The molecule has 0 saturated carbocycles. The fourth-order valence-corrected chi connectivity index (χ4v) is 4.10. The predicted octanol–water partition coefficient (Wildman–Crippen LogP) is 2.14. The first-order valence-electron chi connectivity index (χ1n) is 6.24. The Morgan fingerprint density at radius 3 is 3.05 bits per heavy atom. The Kier molecular flexibility index (Phi) is 5.39. The molecule has 2 aromatic heterocycles. The summed E-state index contributed by atoms with van der Waals surface area (Å²) in [6.45, 7) is 3.25. The molecule has 0 radical (unpaired) electrons. The van der Waals surface area contributed by atoms with Gasteiger partial charge in [-0.3, -0.25) is 4.40 Å². The molecule has 2 heterocycles. The number of aromatic nitrogens is 2. The number of hydrogen-bond acceptors (Lipinski definition) is 5. The highest BCUT2D eigenvalue weighted by molar-refractivity contribution is 7.89. The molecule has 0 aromatic carbocycles. The molecule has 9 heteroatoms. The Morgan fingerprint density at radius 1 is 1.50 bits per heavy atom. The van der Waals surface area contributed by atoms with Crippen molar-refractivity contribution in [2.45, 2.75) is 24.8 Å². The van der Waals surface area contributed by atoms with E-state index in [4.69, 9.17) is 16.3 Å². The molecule has 0 fully saturated rings. The number of unbranched alkanes of at least 4 members (excludes halogenated alkanes) is 1. The summed E-state index contributed by atoms with van der Waals surface area (Å²) >= 11 is 7.23. The van der Waals surface area contributed by atoms with Crippen LogP contribution in [-0.4, -0.2) is 37.6 Å². The van der Waals surface area contributed by atoms with Gasteiger partial charge in [0.25, 0.3) is 10.0 Å². The zero-order chi connectivity index (χ0) is 14.6. The van der Waals surface area contributed by atoms with E-state index in [1.54, 1.807) is 11.6 Å². The van der Waals surface area contributed by atoms with Crippen LogP contribution < -0.4 is 4.72 Å². The standard InChI is InChI=1S/C11H16ClN3O3S2/c1-2-3-6-18-7-4-13-20(16,17)10-9(12)14-11-15(10)5-8-19-11/h5,8,13H,2-4,6-7H2,1H3. The minimum absolute atomic E-state index is 0.0174. The van der Waals surface area contributed by atoms with Crippen LogP contribution in [-0.2, 0) is 14.8 Å². The first-order valence-corrected chi connectivity index (χ1v) is 8.99. The van der Waals surface area contributed by atoms with Crippen molar-refractivity contribution in [1.82, 2.24) is 14.1 Å². The van der Waals surface area contributed by atoms with Crippen LogP contribution >= 0.6 is 22.9 Å². The summed E-state index contributed by atoms with van der Waals surface area (Å²) in [6, 6.07) is 0. The third kappa shape index (κ3) is 3.50. The minimum Gasteiger partial charge on any atom is -0.380 e. The smallest absolute Gasteiger partial charge is 0.259 e. The van der Waals surface area contributed by atoms with Gasteiger partial charge in [0.1, 0.15) is 0 Å². The second kappa shape index (κ2) is 6.86. The van der Waals surface area contributed by atoms with E-state index in [-0.39, 0.29) is 16.7 Å². The quantitative estimate of drug-likeness (QED) is 0.749. The number of fused-ring (bicyclic) bond motifs is 1. The van der Waals surface area contributed by atoms with Crippen LogP contribution in [0.4, 0.5) is 0 Å². The van der Waals surface area contributed by atoms with Gasteiger partial charge in [0.05, 0.1) is 6.61 Å². The molecule has 2 rings (SSSR count). The van der Waals surface area contributed by atoms with Crippen LogP contribution in [0.2, 0.25) is 5.15 Å². The molecular formula is C11H16ClN3O3S2. The Balaban J connectivity index is 2.00. The van der Waals surface area contributed by atoms with Crippen molar-refractivity contribution >= 4 is 37.9 Å². The maximum atomic E-state index is 12.2. The SMILES string of the molecule is CCCCOCCNS(=O)(=O)c1c(Cl)nc2sccn12. The lowest BCUT2D eigenvalue weighted by Gasteiger charge is -2.06. The summed E-state index contributed by atoms with van der Waals surface area (Å²) in [5.41, 5.74) is 0. The van der Waals surface area contributed by atoms with Crippen molar-refractivity contribution in [3.63, 3.8) is 0 Å². The van der Waals surface area contributed by atoms with Crippen molar-refractivity contribution in [2.75, 3.05) is 19.8 Å². The summed E-state index contributed by atoms with van der Waals surface area (Å²) in [5, 5.41) is 1.71. The molecule has 2 aromatic rings. The summed E-state index contributed by atoms with van der Waals surface area (Å²) < 4.78 is 33.7. The molecule has 6 nitrogen and oxygen atoms in total. The maximum Gasteiger partial charge on any atom is 0.259 e. The molecule has 0 aliphatic carbocycles. The van der Waals surface area contributed by atoms with Crippen LogP contribution in [0.3, 0.4) is 0 Å². The van der Waals surface area contributed by atoms with Crippen molar-refractivity contribution in [3.05, 3.63) is 16.7 Å². The first-order chi connectivity index (χ1) is 9.56. The predicted molar refractivity (Wildman–Crippen MR) is 79.0 cm³/mol. The molecule has 0 unspecified atom stereocenters. The number of rotatable bonds is 8. The monoisotopic (exact) mass is 337 g/mol. The van der Waals surface area contributed by atoms with Gasteiger partial charge in [0.2, 0.25) is 0 Å². The van der Waals surface area contributed by atoms with Crippen LogP contribution in [0.25, 0.3) is 4.96 Å². The summed E-state index contributed by atoms with van der Waals surface area (Å²) in [7, 11) is -3.69. The van der Waals surface area contributed by atoms with Gasteiger partial charge in [0, 0.05) is 24.7 Å². The fraction of sp³-hybridized carbons (Fsp3) is 0.545. The van der Waals surface area contributed by atoms with E-state index in [0.29, 0.717) is 18.2 Å². The molecular weight excluding hydrogens is 322 g/mol. The van der Waals surface area contributed by atoms with Crippen molar-refractivity contribution in [2.24, 2.45) is 0 Å².